The van der Waals surface area contributed by atoms with E-state index < -0.39 is 16.3 Å². The molecule has 6 heteroatoms. The highest BCUT2D eigenvalue weighted by Crippen LogP contribution is 2.32. The smallest absolute Gasteiger partial charge is 0.310 e. The second kappa shape index (κ2) is 6.00. The Kier molecular flexibility index (Phi) is 4.34. The van der Waals surface area contributed by atoms with Gasteiger partial charge in [-0.15, -0.1) is 0 Å². The molecule has 1 aliphatic rings. The SMILES string of the molecule is O=C(O)C1(CCc2ccc([N+](=O)[O-])cc2)CCCNC1. The first-order valence-electron chi connectivity index (χ1n) is 6.71. The highest BCUT2D eigenvalue weighted by atomic mass is 16.6. The molecule has 0 amide bonds. The zero-order chi connectivity index (χ0) is 14.6. The molecule has 1 atom stereocenters. The van der Waals surface area contributed by atoms with Crippen LogP contribution < -0.4 is 5.32 Å². The van der Waals surface area contributed by atoms with Crippen LogP contribution in [0.15, 0.2) is 24.3 Å². The van der Waals surface area contributed by atoms with Gasteiger partial charge in [0.05, 0.1) is 10.3 Å². The number of nitro groups is 1. The normalized spacial score (nSPS) is 22.4. The number of nitrogens with one attached hydrogen (secondary N) is 1. The number of rotatable bonds is 5. The van der Waals surface area contributed by atoms with E-state index in [0.717, 1.165) is 18.5 Å². The maximum absolute atomic E-state index is 11.5. The first kappa shape index (κ1) is 14.5. The molecule has 1 aliphatic heterocycles. The zero-order valence-corrected chi connectivity index (χ0v) is 11.2. The van der Waals surface area contributed by atoms with Crippen molar-refractivity contribution in [3.05, 3.63) is 39.9 Å². The van der Waals surface area contributed by atoms with Crippen LogP contribution in [-0.4, -0.2) is 29.1 Å². The fourth-order valence-electron chi connectivity index (χ4n) is 2.64. The van der Waals surface area contributed by atoms with Gasteiger partial charge in [-0.1, -0.05) is 12.1 Å². The van der Waals surface area contributed by atoms with E-state index in [1.165, 1.54) is 12.1 Å². The summed E-state index contributed by atoms with van der Waals surface area (Å²) in [7, 11) is 0. The topological polar surface area (TPSA) is 92.5 Å². The molecule has 20 heavy (non-hydrogen) atoms. The van der Waals surface area contributed by atoms with Crippen molar-refractivity contribution in [2.45, 2.75) is 25.7 Å². The van der Waals surface area contributed by atoms with Gasteiger partial charge in [0.2, 0.25) is 0 Å². The summed E-state index contributed by atoms with van der Waals surface area (Å²) < 4.78 is 0. The molecule has 0 aliphatic carbocycles. The van der Waals surface area contributed by atoms with E-state index in [4.69, 9.17) is 0 Å². The van der Waals surface area contributed by atoms with Crippen molar-refractivity contribution in [2.24, 2.45) is 5.41 Å². The number of carboxylic acid groups (broad SMARTS) is 1. The quantitative estimate of drug-likeness (QED) is 0.634. The van der Waals surface area contributed by atoms with Gasteiger partial charge in [0.15, 0.2) is 0 Å². The number of aryl methyl sites for hydroxylation is 1. The number of benzene rings is 1. The summed E-state index contributed by atoms with van der Waals surface area (Å²) >= 11 is 0. The van der Waals surface area contributed by atoms with E-state index in [1.807, 2.05) is 0 Å². The highest BCUT2D eigenvalue weighted by molar-refractivity contribution is 5.75. The first-order valence-corrected chi connectivity index (χ1v) is 6.71. The second-order valence-corrected chi connectivity index (χ2v) is 5.29. The highest BCUT2D eigenvalue weighted by Gasteiger charge is 2.39. The molecule has 108 valence electrons. The van der Waals surface area contributed by atoms with Crippen molar-refractivity contribution in [3.8, 4) is 0 Å². The summed E-state index contributed by atoms with van der Waals surface area (Å²) in [6.07, 6.45) is 2.72. The van der Waals surface area contributed by atoms with Gasteiger partial charge in [-0.25, -0.2) is 0 Å². The fourth-order valence-corrected chi connectivity index (χ4v) is 2.64. The Morgan fingerprint density at radius 3 is 2.60 bits per heavy atom. The minimum atomic E-state index is -0.758. The van der Waals surface area contributed by atoms with E-state index >= 15 is 0 Å². The Morgan fingerprint density at radius 1 is 1.40 bits per heavy atom. The maximum Gasteiger partial charge on any atom is 0.310 e. The maximum atomic E-state index is 11.5. The van der Waals surface area contributed by atoms with Crippen LogP contribution in [0.1, 0.15) is 24.8 Å². The Balaban J connectivity index is 2.02. The molecule has 0 spiro atoms. The molecule has 2 N–H and O–H groups in total. The molecule has 1 fully saturated rings. The molecular formula is C14H18N2O4. The molecule has 1 heterocycles. The summed E-state index contributed by atoms with van der Waals surface area (Å²) in [5.41, 5.74) is 0.280. The lowest BCUT2D eigenvalue weighted by atomic mass is 9.76. The molecule has 6 nitrogen and oxygen atoms in total. The molecule has 0 aromatic heterocycles. The molecule has 1 saturated heterocycles. The first-order chi connectivity index (χ1) is 9.53. The van der Waals surface area contributed by atoms with Gasteiger partial charge in [0.1, 0.15) is 0 Å². The van der Waals surface area contributed by atoms with Crippen molar-refractivity contribution >= 4 is 11.7 Å². The van der Waals surface area contributed by atoms with E-state index in [2.05, 4.69) is 5.32 Å². The van der Waals surface area contributed by atoms with Crippen molar-refractivity contribution in [3.63, 3.8) is 0 Å². The standard InChI is InChI=1S/C14H18N2O4/c17-13(18)14(7-1-9-15-10-14)8-6-11-2-4-12(5-3-11)16(19)20/h2-5,15H,1,6-10H2,(H,17,18). The van der Waals surface area contributed by atoms with Crippen LogP contribution in [0.4, 0.5) is 5.69 Å². The van der Waals surface area contributed by atoms with Crippen molar-refractivity contribution in [1.29, 1.82) is 0 Å². The molecular weight excluding hydrogens is 260 g/mol. The van der Waals surface area contributed by atoms with Crippen LogP contribution in [0.2, 0.25) is 0 Å². The van der Waals surface area contributed by atoms with E-state index in [9.17, 15) is 20.0 Å². The molecule has 0 radical (unpaired) electrons. The van der Waals surface area contributed by atoms with E-state index in [-0.39, 0.29) is 5.69 Å². The minimum absolute atomic E-state index is 0.0565. The Bertz CT molecular complexity index is 492. The summed E-state index contributed by atoms with van der Waals surface area (Å²) in [6.45, 7) is 1.36. The van der Waals surface area contributed by atoms with Crippen LogP contribution in [0.5, 0.6) is 0 Å². The molecule has 1 aromatic rings. The fraction of sp³-hybridized carbons (Fsp3) is 0.500. The number of hydrogen-bond acceptors (Lipinski definition) is 4. The van der Waals surface area contributed by atoms with Crippen LogP contribution in [0.25, 0.3) is 0 Å². The number of carbonyl (C=O) groups is 1. The minimum Gasteiger partial charge on any atom is -0.481 e. The lowest BCUT2D eigenvalue weighted by Gasteiger charge is -2.33. The van der Waals surface area contributed by atoms with Gasteiger partial charge in [-0.05, 0) is 37.8 Å². The summed E-state index contributed by atoms with van der Waals surface area (Å²) in [4.78, 5) is 21.7. The number of hydrogen-bond donors (Lipinski definition) is 2. The second-order valence-electron chi connectivity index (χ2n) is 5.29. The third-order valence-electron chi connectivity index (χ3n) is 3.97. The number of aliphatic carboxylic acids is 1. The Labute approximate surface area is 117 Å². The number of carboxylic acids is 1. The number of non-ortho nitro benzene ring substituents is 1. The molecule has 2 rings (SSSR count). The average Bonchev–Trinajstić information content (AvgIpc) is 2.46. The van der Waals surface area contributed by atoms with Gasteiger partial charge in [0.25, 0.3) is 5.69 Å². The zero-order valence-electron chi connectivity index (χ0n) is 11.2. The molecule has 0 saturated carbocycles. The van der Waals surface area contributed by atoms with Crippen molar-refractivity contribution < 1.29 is 14.8 Å². The van der Waals surface area contributed by atoms with Gasteiger partial charge in [0, 0.05) is 18.7 Å². The average molecular weight is 278 g/mol. The molecule has 1 aromatic carbocycles. The summed E-state index contributed by atoms with van der Waals surface area (Å²) in [5.74, 6) is -0.758. The molecule has 1 unspecified atom stereocenters. The Morgan fingerprint density at radius 2 is 2.10 bits per heavy atom. The van der Waals surface area contributed by atoms with Crippen LogP contribution in [0.3, 0.4) is 0 Å². The van der Waals surface area contributed by atoms with Gasteiger partial charge in [-0.3, -0.25) is 14.9 Å². The van der Waals surface area contributed by atoms with Crippen molar-refractivity contribution in [1.82, 2.24) is 5.32 Å². The number of piperidine rings is 1. The predicted octanol–water partition coefficient (Wildman–Crippen LogP) is 1.98. The van der Waals surface area contributed by atoms with Gasteiger partial charge >= 0.3 is 5.97 Å². The lowest BCUT2D eigenvalue weighted by Crippen LogP contribution is -2.45. The predicted molar refractivity (Wildman–Crippen MR) is 73.6 cm³/mol. The number of nitro benzene ring substituents is 1. The van der Waals surface area contributed by atoms with Crippen LogP contribution in [0, 0.1) is 15.5 Å². The lowest BCUT2D eigenvalue weighted by molar-refractivity contribution is -0.384. The Hall–Kier alpha value is -1.95. The van der Waals surface area contributed by atoms with Gasteiger partial charge in [-0.2, -0.15) is 0 Å². The van der Waals surface area contributed by atoms with Gasteiger partial charge < -0.3 is 10.4 Å². The summed E-state index contributed by atoms with van der Waals surface area (Å²) in [5, 5.41) is 23.2. The van der Waals surface area contributed by atoms with E-state index in [0.29, 0.717) is 25.8 Å². The van der Waals surface area contributed by atoms with E-state index in [1.54, 1.807) is 12.1 Å². The monoisotopic (exact) mass is 278 g/mol. The third-order valence-corrected chi connectivity index (χ3v) is 3.97. The van der Waals surface area contributed by atoms with Crippen molar-refractivity contribution in [2.75, 3.05) is 13.1 Å². The number of nitrogens with zero attached hydrogens (tertiary/aromatic N) is 1. The van der Waals surface area contributed by atoms with Crippen LogP contribution >= 0.6 is 0 Å². The largest absolute Gasteiger partial charge is 0.481 e. The third kappa shape index (κ3) is 3.14. The molecule has 0 bridgehead atoms. The van der Waals surface area contributed by atoms with Crippen LogP contribution in [-0.2, 0) is 11.2 Å². The summed E-state index contributed by atoms with van der Waals surface area (Å²) in [6, 6.07) is 6.32.